The lowest BCUT2D eigenvalue weighted by atomic mass is 10.2. The van der Waals surface area contributed by atoms with Gasteiger partial charge in [0, 0.05) is 19.6 Å². The van der Waals surface area contributed by atoms with Gasteiger partial charge in [-0.15, -0.1) is 5.10 Å². The van der Waals surface area contributed by atoms with E-state index in [1.54, 1.807) is 21.5 Å². The molecule has 9 heteroatoms. The number of carbonyl (C=O) groups is 2. The molecule has 0 radical (unpaired) electrons. The third-order valence-corrected chi connectivity index (χ3v) is 4.69. The van der Waals surface area contributed by atoms with Gasteiger partial charge in [-0.25, -0.2) is 4.68 Å². The number of carboxylic acid groups (broad SMARTS) is 1. The molecule has 9 nitrogen and oxygen atoms in total. The monoisotopic (exact) mass is 387 g/mol. The molecule has 0 spiro atoms. The SMILES string of the molecule is Cc1cccc(-n2nnc(C(=O)N3CCOC(CN(C)CC(=O)O)C3)c2C)c1. The van der Waals surface area contributed by atoms with Gasteiger partial charge in [0.05, 0.1) is 30.6 Å². The highest BCUT2D eigenvalue weighted by atomic mass is 16.5. The second-order valence-electron chi connectivity index (χ2n) is 7.11. The van der Waals surface area contributed by atoms with Crippen LogP contribution in [0.5, 0.6) is 0 Å². The fraction of sp³-hybridized carbons (Fsp3) is 0.474. The van der Waals surface area contributed by atoms with Crippen molar-refractivity contribution in [3.63, 3.8) is 0 Å². The van der Waals surface area contributed by atoms with Crippen molar-refractivity contribution in [1.82, 2.24) is 24.8 Å². The Kier molecular flexibility index (Phi) is 6.05. The minimum absolute atomic E-state index is 0.0717. The van der Waals surface area contributed by atoms with Crippen LogP contribution in [0.25, 0.3) is 5.69 Å². The average molecular weight is 387 g/mol. The van der Waals surface area contributed by atoms with E-state index in [9.17, 15) is 9.59 Å². The number of ether oxygens (including phenoxy) is 1. The summed E-state index contributed by atoms with van der Waals surface area (Å²) in [5.74, 6) is -1.08. The Morgan fingerprint density at radius 1 is 1.36 bits per heavy atom. The zero-order valence-corrected chi connectivity index (χ0v) is 16.3. The summed E-state index contributed by atoms with van der Waals surface area (Å²) in [6.07, 6.45) is -0.242. The van der Waals surface area contributed by atoms with Crippen LogP contribution in [0, 0.1) is 13.8 Å². The summed E-state index contributed by atoms with van der Waals surface area (Å²) in [6, 6.07) is 7.84. The topological polar surface area (TPSA) is 101 Å². The zero-order chi connectivity index (χ0) is 20.3. The van der Waals surface area contributed by atoms with Gasteiger partial charge in [0.1, 0.15) is 0 Å². The number of amides is 1. The number of likely N-dealkylation sites (N-methyl/N-ethyl adjacent to an activating group) is 1. The lowest BCUT2D eigenvalue weighted by Gasteiger charge is -2.34. The molecule has 0 saturated carbocycles. The summed E-state index contributed by atoms with van der Waals surface area (Å²) in [4.78, 5) is 27.2. The molecule has 1 N–H and O–H groups in total. The molecule has 1 fully saturated rings. The molecule has 3 rings (SSSR count). The molecule has 1 aliphatic rings. The molecule has 2 heterocycles. The first kappa shape index (κ1) is 20.0. The van der Waals surface area contributed by atoms with Crippen molar-refractivity contribution in [1.29, 1.82) is 0 Å². The third kappa shape index (κ3) is 4.55. The number of aromatic nitrogens is 3. The maximum absolute atomic E-state index is 13.0. The van der Waals surface area contributed by atoms with Crippen molar-refractivity contribution >= 4 is 11.9 Å². The van der Waals surface area contributed by atoms with E-state index in [2.05, 4.69) is 10.3 Å². The second-order valence-corrected chi connectivity index (χ2v) is 7.11. The second kappa shape index (κ2) is 8.49. The number of nitrogens with zero attached hydrogens (tertiary/aromatic N) is 5. The van der Waals surface area contributed by atoms with Crippen LogP contribution in [0.1, 0.15) is 21.7 Å². The van der Waals surface area contributed by atoms with Crippen molar-refractivity contribution < 1.29 is 19.4 Å². The normalized spacial score (nSPS) is 17.1. The molecule has 28 heavy (non-hydrogen) atoms. The molecule has 1 aliphatic heterocycles. The minimum atomic E-state index is -0.894. The maximum Gasteiger partial charge on any atom is 0.317 e. The van der Waals surface area contributed by atoms with Crippen LogP contribution in [0.15, 0.2) is 24.3 Å². The molecule has 1 aromatic carbocycles. The molecule has 1 aromatic heterocycles. The Bertz CT molecular complexity index is 866. The molecular weight excluding hydrogens is 362 g/mol. The van der Waals surface area contributed by atoms with Crippen LogP contribution in [-0.4, -0.2) is 87.7 Å². The van der Waals surface area contributed by atoms with E-state index >= 15 is 0 Å². The van der Waals surface area contributed by atoms with Crippen molar-refractivity contribution in [2.24, 2.45) is 0 Å². The lowest BCUT2D eigenvalue weighted by molar-refractivity contribution is -0.138. The number of rotatable bonds is 6. The number of carbonyl (C=O) groups excluding carboxylic acids is 1. The molecular formula is C19H25N5O4. The third-order valence-electron chi connectivity index (χ3n) is 4.69. The summed E-state index contributed by atoms with van der Waals surface area (Å²) in [7, 11) is 1.72. The highest BCUT2D eigenvalue weighted by Gasteiger charge is 2.29. The van der Waals surface area contributed by atoms with Crippen LogP contribution in [0.2, 0.25) is 0 Å². The summed E-state index contributed by atoms with van der Waals surface area (Å²) in [5, 5.41) is 17.2. The number of aryl methyl sites for hydroxylation is 1. The first-order valence-corrected chi connectivity index (χ1v) is 9.15. The summed E-state index contributed by atoms with van der Waals surface area (Å²) in [5.41, 5.74) is 2.96. The predicted octanol–water partition coefficient (Wildman–Crippen LogP) is 0.742. The number of benzene rings is 1. The first-order chi connectivity index (χ1) is 13.3. The first-order valence-electron chi connectivity index (χ1n) is 9.15. The van der Waals surface area contributed by atoms with E-state index in [0.29, 0.717) is 37.6 Å². The largest absolute Gasteiger partial charge is 0.480 e. The van der Waals surface area contributed by atoms with E-state index in [-0.39, 0.29) is 18.6 Å². The van der Waals surface area contributed by atoms with Gasteiger partial charge >= 0.3 is 5.97 Å². The van der Waals surface area contributed by atoms with Crippen molar-refractivity contribution in [2.45, 2.75) is 20.0 Å². The molecule has 1 saturated heterocycles. The quantitative estimate of drug-likeness (QED) is 0.780. The highest BCUT2D eigenvalue weighted by molar-refractivity contribution is 5.93. The summed E-state index contributed by atoms with van der Waals surface area (Å²) in [6.45, 7) is 5.45. The number of hydrogen-bond donors (Lipinski definition) is 1. The number of carboxylic acids is 1. The predicted molar refractivity (Wildman–Crippen MR) is 102 cm³/mol. The fourth-order valence-corrected chi connectivity index (χ4v) is 3.34. The molecule has 150 valence electrons. The Morgan fingerprint density at radius 2 is 2.14 bits per heavy atom. The van der Waals surface area contributed by atoms with E-state index in [1.807, 2.05) is 38.1 Å². The maximum atomic E-state index is 13.0. The van der Waals surface area contributed by atoms with Gasteiger partial charge < -0.3 is 14.7 Å². The van der Waals surface area contributed by atoms with Crippen LogP contribution in [0.3, 0.4) is 0 Å². The molecule has 2 aromatic rings. The number of aliphatic carboxylic acids is 1. The van der Waals surface area contributed by atoms with E-state index < -0.39 is 5.97 Å². The Balaban J connectivity index is 1.71. The van der Waals surface area contributed by atoms with Crippen LogP contribution < -0.4 is 0 Å². The molecule has 1 atom stereocenters. The van der Waals surface area contributed by atoms with E-state index in [1.165, 1.54) is 0 Å². The highest BCUT2D eigenvalue weighted by Crippen LogP contribution is 2.16. The van der Waals surface area contributed by atoms with Gasteiger partial charge in [0.25, 0.3) is 5.91 Å². The fourth-order valence-electron chi connectivity index (χ4n) is 3.34. The van der Waals surface area contributed by atoms with Gasteiger partial charge in [0.15, 0.2) is 5.69 Å². The van der Waals surface area contributed by atoms with Crippen molar-refractivity contribution in [3.05, 3.63) is 41.2 Å². The average Bonchev–Trinajstić information content (AvgIpc) is 3.02. The van der Waals surface area contributed by atoms with Crippen molar-refractivity contribution in [3.8, 4) is 5.69 Å². The van der Waals surface area contributed by atoms with E-state index in [0.717, 1.165) is 11.3 Å². The molecule has 0 bridgehead atoms. The Hall–Kier alpha value is -2.78. The van der Waals surface area contributed by atoms with Crippen LogP contribution in [-0.2, 0) is 9.53 Å². The van der Waals surface area contributed by atoms with E-state index in [4.69, 9.17) is 9.84 Å². The summed E-state index contributed by atoms with van der Waals surface area (Å²) < 4.78 is 7.36. The van der Waals surface area contributed by atoms with Gasteiger partial charge in [-0.05, 0) is 38.6 Å². The zero-order valence-electron chi connectivity index (χ0n) is 16.3. The van der Waals surface area contributed by atoms with Crippen LogP contribution >= 0.6 is 0 Å². The molecule has 0 aliphatic carbocycles. The lowest BCUT2D eigenvalue weighted by Crippen LogP contribution is -2.49. The number of hydrogen-bond acceptors (Lipinski definition) is 6. The van der Waals surface area contributed by atoms with Crippen molar-refractivity contribution in [2.75, 3.05) is 39.8 Å². The smallest absolute Gasteiger partial charge is 0.317 e. The Morgan fingerprint density at radius 3 is 2.86 bits per heavy atom. The molecule has 1 amide bonds. The van der Waals surface area contributed by atoms with Gasteiger partial charge in [-0.1, -0.05) is 17.3 Å². The van der Waals surface area contributed by atoms with Gasteiger partial charge in [0.2, 0.25) is 0 Å². The number of morpholine rings is 1. The molecule has 1 unspecified atom stereocenters. The Labute approximate surface area is 163 Å². The van der Waals surface area contributed by atoms with Gasteiger partial charge in [-0.3, -0.25) is 14.5 Å². The summed E-state index contributed by atoms with van der Waals surface area (Å²) >= 11 is 0. The van der Waals surface area contributed by atoms with Gasteiger partial charge in [-0.2, -0.15) is 0 Å². The van der Waals surface area contributed by atoms with Crippen LogP contribution in [0.4, 0.5) is 0 Å². The standard InChI is InChI=1S/C19H25N5O4/c1-13-5-4-6-15(9-13)24-14(2)18(20-21-24)19(27)23-7-8-28-16(11-23)10-22(3)12-17(25)26/h4-6,9,16H,7-8,10-12H2,1-3H3,(H,25,26). The minimum Gasteiger partial charge on any atom is -0.480 e.